The van der Waals surface area contributed by atoms with Crippen LogP contribution in [-0.4, -0.2) is 25.6 Å². The van der Waals surface area contributed by atoms with E-state index in [2.05, 4.69) is 45.0 Å². The van der Waals surface area contributed by atoms with Crippen LogP contribution < -0.4 is 4.90 Å². The number of thiazole rings is 1. The number of hydrogen-bond acceptors (Lipinski definition) is 8. The van der Waals surface area contributed by atoms with Gasteiger partial charge in [-0.05, 0) is 49.4 Å². The number of fused-ring (bicyclic) bond motifs is 1. The van der Waals surface area contributed by atoms with Crippen LogP contribution in [0.5, 0.6) is 0 Å². The summed E-state index contributed by atoms with van der Waals surface area (Å²) in [5.74, 6) is 0. The fourth-order valence-corrected chi connectivity index (χ4v) is 4.33. The van der Waals surface area contributed by atoms with E-state index in [0.29, 0.717) is 17.4 Å². The Kier molecular flexibility index (Phi) is 7.15. The maximum Gasteiger partial charge on any atom is 0.231 e. The molecule has 0 fully saturated rings. The first-order valence-electron chi connectivity index (χ1n) is 8.98. The lowest BCUT2D eigenvalue weighted by Crippen LogP contribution is -2.07. The Balaban J connectivity index is 1.57. The second-order valence-corrected chi connectivity index (χ2v) is 8.53. The number of hydrogen-bond donors (Lipinski definition) is 0. The van der Waals surface area contributed by atoms with Gasteiger partial charge in [-0.3, -0.25) is 0 Å². The van der Waals surface area contributed by atoms with Crippen LogP contribution in [0, 0.1) is 6.92 Å². The zero-order chi connectivity index (χ0) is 20.6. The van der Waals surface area contributed by atoms with Crippen molar-refractivity contribution < 1.29 is 0 Å². The number of aryl methyl sites for hydroxylation is 1. The number of azo groups is 2. The van der Waals surface area contributed by atoms with E-state index >= 15 is 0 Å². The molecule has 2 aromatic heterocycles. The van der Waals surface area contributed by atoms with E-state index in [9.17, 15) is 0 Å². The minimum absolute atomic E-state index is 0.438. The van der Waals surface area contributed by atoms with Crippen molar-refractivity contribution in [2.75, 3.05) is 25.5 Å². The van der Waals surface area contributed by atoms with Crippen molar-refractivity contribution in [3.05, 3.63) is 71.8 Å². The quantitative estimate of drug-likeness (QED) is 0.284. The van der Waals surface area contributed by atoms with Gasteiger partial charge in [0.2, 0.25) is 5.13 Å². The molecule has 0 saturated heterocycles. The molecule has 0 unspecified atom stereocenters. The second-order valence-electron chi connectivity index (χ2n) is 6.29. The molecule has 6 nitrogen and oxygen atoms in total. The average Bonchev–Trinajstić information content (AvgIpc) is 3.22. The molecular weight excluding hydrogens is 400 g/mol. The number of aromatic nitrogens is 1. The summed E-state index contributed by atoms with van der Waals surface area (Å²) in [5, 5.41) is 17.6. The molecule has 1 aromatic carbocycles. The molecule has 2 heterocycles. The molecule has 0 aliphatic rings. The van der Waals surface area contributed by atoms with Crippen molar-refractivity contribution >= 4 is 48.7 Å². The summed E-state index contributed by atoms with van der Waals surface area (Å²) in [5.41, 5.74) is 2.60. The van der Waals surface area contributed by atoms with Gasteiger partial charge in [0.05, 0.1) is 22.6 Å². The molecule has 0 aliphatic heterocycles. The van der Waals surface area contributed by atoms with E-state index < -0.39 is 0 Å². The summed E-state index contributed by atoms with van der Waals surface area (Å²) >= 11 is 3.23. The van der Waals surface area contributed by atoms with Crippen LogP contribution >= 0.6 is 22.7 Å². The van der Waals surface area contributed by atoms with Crippen LogP contribution in [0.2, 0.25) is 0 Å². The molecule has 8 heteroatoms. The summed E-state index contributed by atoms with van der Waals surface area (Å²) in [6.07, 6.45) is 7.21. The molecule has 0 spiro atoms. The fraction of sp³-hybridized carbons (Fsp3) is 0.190. The van der Waals surface area contributed by atoms with E-state index in [0.717, 1.165) is 20.9 Å². The average molecular weight is 423 g/mol. The molecule has 0 saturated carbocycles. The van der Waals surface area contributed by atoms with Crippen LogP contribution in [0.3, 0.4) is 0 Å². The molecule has 3 aromatic rings. The van der Waals surface area contributed by atoms with Gasteiger partial charge in [0.1, 0.15) is 4.83 Å². The van der Waals surface area contributed by atoms with Gasteiger partial charge in [0.25, 0.3) is 0 Å². The van der Waals surface area contributed by atoms with Gasteiger partial charge in [-0.25, -0.2) is 4.98 Å². The highest BCUT2D eigenvalue weighted by Crippen LogP contribution is 2.33. The largest absolute Gasteiger partial charge is 0.378 e. The van der Waals surface area contributed by atoms with Crippen molar-refractivity contribution in [3.8, 4) is 0 Å². The monoisotopic (exact) mass is 422 g/mol. The Labute approximate surface area is 178 Å². The van der Waals surface area contributed by atoms with E-state index in [4.69, 9.17) is 0 Å². The maximum absolute atomic E-state index is 4.47. The molecule has 0 atom stereocenters. The molecule has 0 N–H and O–H groups in total. The third kappa shape index (κ3) is 6.00. The minimum atomic E-state index is 0.438. The predicted molar refractivity (Wildman–Crippen MR) is 124 cm³/mol. The number of anilines is 1. The molecule has 0 radical (unpaired) electrons. The van der Waals surface area contributed by atoms with E-state index in [-0.39, 0.29) is 0 Å². The topological polar surface area (TPSA) is 65.6 Å². The maximum atomic E-state index is 4.47. The first-order valence-corrected chi connectivity index (χ1v) is 10.6. The van der Waals surface area contributed by atoms with Crippen LogP contribution in [0.25, 0.3) is 9.53 Å². The van der Waals surface area contributed by atoms with Crippen LogP contribution in [0.15, 0.2) is 87.4 Å². The summed E-state index contributed by atoms with van der Waals surface area (Å²) in [4.78, 5) is 8.79. The first kappa shape index (κ1) is 20.8. The van der Waals surface area contributed by atoms with E-state index in [1.54, 1.807) is 34.8 Å². The molecule has 148 valence electrons. The highest BCUT2D eigenvalue weighted by molar-refractivity contribution is 7.28. The Morgan fingerprint density at radius 2 is 1.97 bits per heavy atom. The first-order chi connectivity index (χ1) is 14.0. The number of thiophene rings is 1. The van der Waals surface area contributed by atoms with E-state index in [1.165, 1.54) is 4.88 Å². The summed E-state index contributed by atoms with van der Waals surface area (Å²) in [6.45, 7) is 6.24. The van der Waals surface area contributed by atoms with E-state index in [1.807, 2.05) is 55.4 Å². The third-order valence-electron chi connectivity index (χ3n) is 3.77. The van der Waals surface area contributed by atoms with Crippen molar-refractivity contribution in [3.63, 3.8) is 0 Å². The zero-order valence-electron chi connectivity index (χ0n) is 16.6. The summed E-state index contributed by atoms with van der Waals surface area (Å²) in [7, 11) is 4.00. The highest BCUT2D eigenvalue weighted by Gasteiger charge is 2.05. The van der Waals surface area contributed by atoms with Crippen molar-refractivity contribution in [2.24, 2.45) is 20.5 Å². The molecule has 3 rings (SSSR count). The van der Waals surface area contributed by atoms with Gasteiger partial charge in [0.15, 0.2) is 0 Å². The van der Waals surface area contributed by atoms with Gasteiger partial charge in [-0.1, -0.05) is 30.1 Å². The smallest absolute Gasteiger partial charge is 0.231 e. The molecule has 0 bridgehead atoms. The van der Waals surface area contributed by atoms with Gasteiger partial charge in [-0.2, -0.15) is 15.3 Å². The normalized spacial score (nSPS) is 12.7. The molecule has 0 amide bonds. The van der Waals surface area contributed by atoms with Gasteiger partial charge in [0, 0.05) is 24.7 Å². The molecule has 0 aliphatic carbocycles. The second kappa shape index (κ2) is 9.99. The SMILES string of the molecule is C=C/C=C(\C=C/CN=Nc1nc2sc(C)cc2s1)N=Nc1ccc(N(C)C)cc1. The van der Waals surface area contributed by atoms with Crippen molar-refractivity contribution in [1.29, 1.82) is 0 Å². The lowest BCUT2D eigenvalue weighted by Gasteiger charge is -2.11. The zero-order valence-corrected chi connectivity index (χ0v) is 18.2. The summed E-state index contributed by atoms with van der Waals surface area (Å²) in [6, 6.07) is 10.0. The van der Waals surface area contributed by atoms with Crippen molar-refractivity contribution in [1.82, 2.24) is 4.98 Å². The Bertz CT molecular complexity index is 1050. The number of nitrogens with zero attached hydrogens (tertiary/aromatic N) is 6. The van der Waals surface area contributed by atoms with Crippen LogP contribution in [0.4, 0.5) is 16.5 Å². The number of benzene rings is 1. The Morgan fingerprint density at radius 3 is 2.66 bits per heavy atom. The van der Waals surface area contributed by atoms with Crippen molar-refractivity contribution in [2.45, 2.75) is 6.92 Å². The number of rotatable bonds is 8. The fourth-order valence-electron chi connectivity index (χ4n) is 2.38. The minimum Gasteiger partial charge on any atom is -0.378 e. The molecular formula is C21H22N6S2. The Hall–Kier alpha value is -2.97. The van der Waals surface area contributed by atoms with Gasteiger partial charge in [-0.15, -0.1) is 16.5 Å². The molecule has 29 heavy (non-hydrogen) atoms. The number of allylic oxidation sites excluding steroid dienone is 3. The highest BCUT2D eigenvalue weighted by atomic mass is 32.1. The van der Waals surface area contributed by atoms with Gasteiger partial charge >= 0.3 is 0 Å². The lowest BCUT2D eigenvalue weighted by molar-refractivity contribution is 1.06. The van der Waals surface area contributed by atoms with Gasteiger partial charge < -0.3 is 4.90 Å². The standard InChI is InChI=1S/C21H22N6S2/c1-5-7-16(24-25-17-9-11-18(12-10-17)27(3)4)8-6-13-22-26-21-23-20-19(29-21)14-15(2)28-20/h5-12,14H,1,13H2,2-4H3/b8-6-,16-7+,25-24?,26-22?. The lowest BCUT2D eigenvalue weighted by atomic mass is 10.3. The Morgan fingerprint density at radius 1 is 1.17 bits per heavy atom. The predicted octanol–water partition coefficient (Wildman–Crippen LogP) is 7.23. The van der Waals surface area contributed by atoms with Crippen LogP contribution in [-0.2, 0) is 0 Å². The third-order valence-corrected chi connectivity index (χ3v) is 5.73. The van der Waals surface area contributed by atoms with Crippen LogP contribution in [0.1, 0.15) is 4.88 Å². The summed E-state index contributed by atoms with van der Waals surface area (Å²) < 4.78 is 1.16.